The predicted octanol–water partition coefficient (Wildman–Crippen LogP) is 0.611. The van der Waals surface area contributed by atoms with E-state index in [2.05, 4.69) is 15.5 Å². The van der Waals surface area contributed by atoms with Crippen LogP contribution in [0.3, 0.4) is 0 Å². The van der Waals surface area contributed by atoms with Crippen molar-refractivity contribution >= 4 is 23.4 Å². The van der Waals surface area contributed by atoms with Crippen molar-refractivity contribution in [3.05, 3.63) is 29.8 Å². The van der Waals surface area contributed by atoms with Crippen molar-refractivity contribution in [1.82, 2.24) is 15.5 Å². The number of nitrogens with one attached hydrogen (secondary N) is 2. The van der Waals surface area contributed by atoms with Crippen LogP contribution in [0.2, 0.25) is 0 Å². The summed E-state index contributed by atoms with van der Waals surface area (Å²) in [5, 5.41) is 5.42. The molecule has 1 saturated carbocycles. The first-order valence-corrected chi connectivity index (χ1v) is 9.21. The number of amides is 3. The van der Waals surface area contributed by atoms with Crippen LogP contribution < -0.4 is 15.5 Å². The van der Waals surface area contributed by atoms with Gasteiger partial charge in [-0.05, 0) is 37.1 Å². The Labute approximate surface area is 153 Å². The predicted molar refractivity (Wildman–Crippen MR) is 99.0 cm³/mol. The van der Waals surface area contributed by atoms with E-state index in [0.29, 0.717) is 24.6 Å². The number of benzene rings is 1. The van der Waals surface area contributed by atoms with Gasteiger partial charge in [0, 0.05) is 63.4 Å². The van der Waals surface area contributed by atoms with E-state index in [1.807, 2.05) is 29.2 Å². The number of carbonyl (C=O) groups excluding carboxylic acids is 3. The molecule has 140 valence electrons. The van der Waals surface area contributed by atoms with Crippen LogP contribution in [0.25, 0.3) is 0 Å². The van der Waals surface area contributed by atoms with Crippen LogP contribution in [0.1, 0.15) is 30.1 Å². The Kier molecular flexibility index (Phi) is 5.75. The SMILES string of the molecule is CC(=O)NCCNC(=O)c1ccc(N2CCN(C(=O)C3CC3)CC2)cc1. The van der Waals surface area contributed by atoms with Gasteiger partial charge in [0.15, 0.2) is 0 Å². The first kappa shape index (κ1) is 18.2. The normalized spacial score (nSPS) is 17.0. The molecule has 2 aliphatic rings. The zero-order valence-corrected chi connectivity index (χ0v) is 15.2. The molecule has 1 aliphatic carbocycles. The molecule has 1 aromatic carbocycles. The zero-order valence-electron chi connectivity index (χ0n) is 15.2. The van der Waals surface area contributed by atoms with Crippen molar-refractivity contribution in [3.63, 3.8) is 0 Å². The van der Waals surface area contributed by atoms with E-state index >= 15 is 0 Å². The molecular formula is C19H26N4O3. The maximum absolute atomic E-state index is 12.1. The largest absolute Gasteiger partial charge is 0.368 e. The number of rotatable bonds is 6. The van der Waals surface area contributed by atoms with E-state index in [1.165, 1.54) is 6.92 Å². The molecule has 26 heavy (non-hydrogen) atoms. The van der Waals surface area contributed by atoms with Gasteiger partial charge in [-0.3, -0.25) is 14.4 Å². The molecule has 0 bridgehead atoms. The van der Waals surface area contributed by atoms with Gasteiger partial charge in [-0.2, -0.15) is 0 Å². The molecule has 1 saturated heterocycles. The minimum absolute atomic E-state index is 0.109. The number of nitrogens with zero attached hydrogens (tertiary/aromatic N) is 2. The number of hydrogen-bond acceptors (Lipinski definition) is 4. The van der Waals surface area contributed by atoms with Crippen molar-refractivity contribution in [2.45, 2.75) is 19.8 Å². The molecule has 3 rings (SSSR count). The van der Waals surface area contributed by atoms with Gasteiger partial charge in [0.25, 0.3) is 5.91 Å². The topological polar surface area (TPSA) is 81.8 Å². The van der Waals surface area contributed by atoms with E-state index in [4.69, 9.17) is 0 Å². The highest BCUT2D eigenvalue weighted by Gasteiger charge is 2.34. The molecule has 0 radical (unpaired) electrons. The summed E-state index contributed by atoms with van der Waals surface area (Å²) in [5.41, 5.74) is 1.66. The Bertz CT molecular complexity index is 662. The summed E-state index contributed by atoms with van der Waals surface area (Å²) >= 11 is 0. The Hall–Kier alpha value is -2.57. The molecule has 1 aromatic rings. The van der Waals surface area contributed by atoms with E-state index in [1.54, 1.807) is 0 Å². The maximum Gasteiger partial charge on any atom is 0.251 e. The van der Waals surface area contributed by atoms with E-state index < -0.39 is 0 Å². The van der Waals surface area contributed by atoms with Gasteiger partial charge in [-0.25, -0.2) is 0 Å². The van der Waals surface area contributed by atoms with Gasteiger partial charge in [0.1, 0.15) is 0 Å². The molecule has 2 N–H and O–H groups in total. The van der Waals surface area contributed by atoms with Gasteiger partial charge in [-0.1, -0.05) is 0 Å². The highest BCUT2D eigenvalue weighted by atomic mass is 16.2. The third-order valence-electron chi connectivity index (χ3n) is 4.80. The number of hydrogen-bond donors (Lipinski definition) is 2. The lowest BCUT2D eigenvalue weighted by Gasteiger charge is -2.36. The highest BCUT2D eigenvalue weighted by molar-refractivity contribution is 5.94. The van der Waals surface area contributed by atoms with Crippen LogP contribution in [0.4, 0.5) is 5.69 Å². The average Bonchev–Trinajstić information content (AvgIpc) is 3.50. The van der Waals surface area contributed by atoms with Crippen molar-refractivity contribution in [2.24, 2.45) is 5.92 Å². The molecule has 0 unspecified atom stereocenters. The molecular weight excluding hydrogens is 332 g/mol. The summed E-state index contributed by atoms with van der Waals surface area (Å²) in [6, 6.07) is 7.51. The lowest BCUT2D eigenvalue weighted by Crippen LogP contribution is -2.49. The standard InChI is InChI=1S/C19H26N4O3/c1-14(24)20-8-9-21-18(25)15-4-6-17(7-5-15)22-10-12-23(13-11-22)19(26)16-2-3-16/h4-7,16H,2-3,8-13H2,1H3,(H,20,24)(H,21,25). The molecule has 0 atom stereocenters. The van der Waals surface area contributed by atoms with E-state index in [9.17, 15) is 14.4 Å². The van der Waals surface area contributed by atoms with Crippen LogP contribution in [0.15, 0.2) is 24.3 Å². The molecule has 7 nitrogen and oxygen atoms in total. The third kappa shape index (κ3) is 4.74. The third-order valence-corrected chi connectivity index (χ3v) is 4.80. The average molecular weight is 358 g/mol. The minimum atomic E-state index is -0.151. The summed E-state index contributed by atoms with van der Waals surface area (Å²) in [4.78, 5) is 39.2. The second kappa shape index (κ2) is 8.21. The van der Waals surface area contributed by atoms with Crippen LogP contribution in [-0.2, 0) is 9.59 Å². The molecule has 0 spiro atoms. The summed E-state index contributed by atoms with van der Waals surface area (Å²) in [6.07, 6.45) is 2.10. The van der Waals surface area contributed by atoms with Crippen molar-refractivity contribution in [2.75, 3.05) is 44.2 Å². The van der Waals surface area contributed by atoms with Gasteiger partial charge < -0.3 is 20.4 Å². The molecule has 2 fully saturated rings. The zero-order chi connectivity index (χ0) is 18.5. The number of piperazine rings is 1. The fourth-order valence-electron chi connectivity index (χ4n) is 3.11. The fraction of sp³-hybridized carbons (Fsp3) is 0.526. The molecule has 3 amide bonds. The number of carbonyl (C=O) groups is 3. The first-order valence-electron chi connectivity index (χ1n) is 9.21. The van der Waals surface area contributed by atoms with Gasteiger partial charge in [-0.15, -0.1) is 0 Å². The Morgan fingerprint density at radius 3 is 2.15 bits per heavy atom. The van der Waals surface area contributed by atoms with Gasteiger partial charge in [0.2, 0.25) is 11.8 Å². The molecule has 1 heterocycles. The second-order valence-electron chi connectivity index (χ2n) is 6.87. The quantitative estimate of drug-likeness (QED) is 0.730. The fourth-order valence-corrected chi connectivity index (χ4v) is 3.11. The lowest BCUT2D eigenvalue weighted by molar-refractivity contribution is -0.132. The van der Waals surface area contributed by atoms with E-state index in [-0.39, 0.29) is 17.7 Å². The van der Waals surface area contributed by atoms with Gasteiger partial charge in [0.05, 0.1) is 0 Å². The van der Waals surface area contributed by atoms with Gasteiger partial charge >= 0.3 is 0 Å². The van der Waals surface area contributed by atoms with Crippen LogP contribution in [0.5, 0.6) is 0 Å². The molecule has 0 aromatic heterocycles. The lowest BCUT2D eigenvalue weighted by atomic mass is 10.1. The van der Waals surface area contributed by atoms with Crippen molar-refractivity contribution in [3.8, 4) is 0 Å². The summed E-state index contributed by atoms with van der Waals surface area (Å²) in [5.74, 6) is 0.338. The van der Waals surface area contributed by atoms with Crippen LogP contribution in [-0.4, -0.2) is 61.9 Å². The Morgan fingerprint density at radius 2 is 1.58 bits per heavy atom. The molecule has 7 heteroatoms. The molecule has 1 aliphatic heterocycles. The van der Waals surface area contributed by atoms with Crippen LogP contribution in [0, 0.1) is 5.92 Å². The van der Waals surface area contributed by atoms with Crippen LogP contribution >= 0.6 is 0 Å². The van der Waals surface area contributed by atoms with Crippen molar-refractivity contribution in [1.29, 1.82) is 0 Å². The second-order valence-corrected chi connectivity index (χ2v) is 6.87. The Balaban J connectivity index is 1.46. The number of anilines is 1. The summed E-state index contributed by atoms with van der Waals surface area (Å²) in [7, 11) is 0. The highest BCUT2D eigenvalue weighted by Crippen LogP contribution is 2.31. The summed E-state index contributed by atoms with van der Waals surface area (Å²) in [6.45, 7) is 5.44. The monoisotopic (exact) mass is 358 g/mol. The first-order chi connectivity index (χ1) is 12.5. The van der Waals surface area contributed by atoms with Crippen molar-refractivity contribution < 1.29 is 14.4 Å². The van der Waals surface area contributed by atoms with E-state index in [0.717, 1.165) is 44.7 Å². The Morgan fingerprint density at radius 1 is 0.962 bits per heavy atom. The maximum atomic E-state index is 12.1. The minimum Gasteiger partial charge on any atom is -0.368 e. The smallest absolute Gasteiger partial charge is 0.251 e. The summed E-state index contributed by atoms with van der Waals surface area (Å²) < 4.78 is 0.